The molecule has 37 heavy (non-hydrogen) atoms. The van der Waals surface area contributed by atoms with Crippen molar-refractivity contribution in [3.05, 3.63) is 96.1 Å². The summed E-state index contributed by atoms with van der Waals surface area (Å²) in [4.78, 5) is 16.1. The maximum Gasteiger partial charge on any atom is 0.231 e. The number of aryl methyl sites for hydroxylation is 2. The van der Waals surface area contributed by atoms with Crippen molar-refractivity contribution >= 4 is 17.8 Å². The van der Waals surface area contributed by atoms with Crippen LogP contribution in [-0.4, -0.2) is 53.7 Å². The van der Waals surface area contributed by atoms with Crippen molar-refractivity contribution in [2.24, 2.45) is 0 Å². The van der Waals surface area contributed by atoms with Crippen molar-refractivity contribution in [2.75, 3.05) is 48.3 Å². The minimum absolute atomic E-state index is 0.383. The SMILES string of the molecule is C=CCNc1nc(NCC=C)nc(N2CCC(NCC3c4ccccc4CCc4ccccc43)CC2)n1. The Morgan fingerprint density at radius 3 is 1.86 bits per heavy atom. The van der Waals surface area contributed by atoms with Gasteiger partial charge >= 0.3 is 0 Å². The van der Waals surface area contributed by atoms with E-state index in [1.165, 1.54) is 22.3 Å². The molecule has 1 aliphatic heterocycles. The molecule has 1 aromatic heterocycles. The van der Waals surface area contributed by atoms with Gasteiger partial charge in [0.2, 0.25) is 17.8 Å². The van der Waals surface area contributed by atoms with Crippen molar-refractivity contribution < 1.29 is 0 Å². The van der Waals surface area contributed by atoms with Crippen molar-refractivity contribution in [3.8, 4) is 0 Å². The van der Waals surface area contributed by atoms with Gasteiger partial charge in [-0.25, -0.2) is 0 Å². The van der Waals surface area contributed by atoms with E-state index in [1.807, 2.05) is 0 Å². The zero-order chi connectivity index (χ0) is 25.5. The molecule has 0 unspecified atom stereocenters. The van der Waals surface area contributed by atoms with Gasteiger partial charge in [-0.15, -0.1) is 13.2 Å². The topological polar surface area (TPSA) is 78.0 Å². The monoisotopic (exact) mass is 495 g/mol. The number of nitrogens with one attached hydrogen (secondary N) is 3. The van der Waals surface area contributed by atoms with Crippen LogP contribution in [0.2, 0.25) is 0 Å². The summed E-state index contributed by atoms with van der Waals surface area (Å²) in [5.74, 6) is 2.21. The molecular weight excluding hydrogens is 458 g/mol. The molecule has 0 bridgehead atoms. The van der Waals surface area contributed by atoms with Gasteiger partial charge in [-0.3, -0.25) is 0 Å². The minimum atomic E-state index is 0.383. The van der Waals surface area contributed by atoms with Gasteiger partial charge in [-0.1, -0.05) is 60.7 Å². The third-order valence-corrected chi connectivity index (χ3v) is 7.35. The van der Waals surface area contributed by atoms with E-state index in [0.29, 0.717) is 42.9 Å². The molecule has 1 fully saturated rings. The van der Waals surface area contributed by atoms with E-state index in [1.54, 1.807) is 12.2 Å². The summed E-state index contributed by atoms with van der Waals surface area (Å²) >= 11 is 0. The Hall–Kier alpha value is -3.71. The number of benzene rings is 2. The molecular formula is C30H37N7. The lowest BCUT2D eigenvalue weighted by molar-refractivity contribution is 0.407. The molecule has 0 amide bonds. The van der Waals surface area contributed by atoms with Gasteiger partial charge in [0, 0.05) is 44.7 Å². The average Bonchev–Trinajstić information content (AvgIpc) is 3.11. The van der Waals surface area contributed by atoms with Gasteiger partial charge in [-0.2, -0.15) is 15.0 Å². The number of nitrogens with zero attached hydrogens (tertiary/aromatic N) is 4. The van der Waals surface area contributed by atoms with Gasteiger partial charge in [0.05, 0.1) is 0 Å². The fraction of sp³-hybridized carbons (Fsp3) is 0.367. The Labute approximate surface area is 220 Å². The Kier molecular flexibility index (Phi) is 8.11. The summed E-state index contributed by atoms with van der Waals surface area (Å²) in [5, 5.41) is 10.3. The number of rotatable bonds is 10. The number of piperidine rings is 1. The molecule has 5 rings (SSSR count). The third kappa shape index (κ3) is 6.00. The molecule has 3 N–H and O–H groups in total. The highest BCUT2D eigenvalue weighted by Gasteiger charge is 2.26. The molecule has 7 nitrogen and oxygen atoms in total. The first-order valence-electron chi connectivity index (χ1n) is 13.3. The first kappa shape index (κ1) is 25.0. The van der Waals surface area contributed by atoms with Crippen molar-refractivity contribution in [2.45, 2.75) is 37.6 Å². The van der Waals surface area contributed by atoms with Gasteiger partial charge < -0.3 is 20.9 Å². The normalized spacial score (nSPS) is 15.8. The van der Waals surface area contributed by atoms with Crippen LogP contribution in [0.15, 0.2) is 73.8 Å². The zero-order valence-electron chi connectivity index (χ0n) is 21.5. The molecule has 1 saturated heterocycles. The van der Waals surface area contributed by atoms with Crippen molar-refractivity contribution in [1.82, 2.24) is 20.3 Å². The van der Waals surface area contributed by atoms with Crippen LogP contribution in [0.3, 0.4) is 0 Å². The molecule has 2 aromatic carbocycles. The average molecular weight is 496 g/mol. The summed E-state index contributed by atoms with van der Waals surface area (Å²) in [6.45, 7) is 11.5. The van der Waals surface area contributed by atoms with Crippen LogP contribution >= 0.6 is 0 Å². The first-order valence-corrected chi connectivity index (χ1v) is 13.3. The van der Waals surface area contributed by atoms with E-state index >= 15 is 0 Å². The number of aromatic nitrogens is 3. The highest BCUT2D eigenvalue weighted by atomic mass is 15.3. The molecule has 7 heteroatoms. The lowest BCUT2D eigenvalue weighted by Gasteiger charge is -2.33. The van der Waals surface area contributed by atoms with Gasteiger partial charge in [0.1, 0.15) is 0 Å². The first-order chi connectivity index (χ1) is 18.2. The van der Waals surface area contributed by atoms with E-state index in [2.05, 4.69) is 97.5 Å². The standard InChI is InChI=1S/C30H37N7/c1-3-17-31-28-34-29(32-18-4-2)36-30(35-28)37-19-15-24(16-20-37)33-21-27-25-11-7-5-9-22(25)13-14-23-10-6-8-12-26(23)27/h3-12,24,27,33H,1-2,13-21H2,(H2,31,32,34,35,36). The predicted molar refractivity (Wildman–Crippen MR) is 153 cm³/mol. The molecule has 0 atom stereocenters. The van der Waals surface area contributed by atoms with Gasteiger partial charge in [0.25, 0.3) is 0 Å². The van der Waals surface area contributed by atoms with E-state index in [9.17, 15) is 0 Å². The summed E-state index contributed by atoms with van der Waals surface area (Å²) in [6.07, 6.45) is 7.91. The summed E-state index contributed by atoms with van der Waals surface area (Å²) in [7, 11) is 0. The Bertz CT molecular complexity index is 1140. The summed E-state index contributed by atoms with van der Waals surface area (Å²) in [6, 6.07) is 18.4. The van der Waals surface area contributed by atoms with Crippen LogP contribution < -0.4 is 20.9 Å². The lowest BCUT2D eigenvalue weighted by Crippen LogP contribution is -2.44. The molecule has 1 aliphatic carbocycles. The fourth-order valence-corrected chi connectivity index (χ4v) is 5.42. The Morgan fingerprint density at radius 1 is 0.784 bits per heavy atom. The molecule has 2 aliphatic rings. The van der Waals surface area contributed by atoms with E-state index in [4.69, 9.17) is 0 Å². The van der Waals surface area contributed by atoms with Crippen LogP contribution in [0.25, 0.3) is 0 Å². The quantitative estimate of drug-likeness (QED) is 0.356. The Balaban J connectivity index is 1.25. The fourth-order valence-electron chi connectivity index (χ4n) is 5.42. The molecule has 192 valence electrons. The lowest BCUT2D eigenvalue weighted by atomic mass is 9.87. The van der Waals surface area contributed by atoms with Gasteiger partial charge in [-0.05, 0) is 47.9 Å². The largest absolute Gasteiger partial charge is 0.351 e. The zero-order valence-corrected chi connectivity index (χ0v) is 21.5. The highest BCUT2D eigenvalue weighted by molar-refractivity contribution is 5.46. The Morgan fingerprint density at radius 2 is 1.32 bits per heavy atom. The highest BCUT2D eigenvalue weighted by Crippen LogP contribution is 2.34. The maximum absolute atomic E-state index is 4.67. The smallest absolute Gasteiger partial charge is 0.231 e. The third-order valence-electron chi connectivity index (χ3n) is 7.35. The van der Waals surface area contributed by atoms with E-state index in [0.717, 1.165) is 45.3 Å². The van der Waals surface area contributed by atoms with Crippen LogP contribution in [0.5, 0.6) is 0 Å². The van der Waals surface area contributed by atoms with Crippen molar-refractivity contribution in [1.29, 1.82) is 0 Å². The second-order valence-corrected chi connectivity index (χ2v) is 9.74. The minimum Gasteiger partial charge on any atom is -0.351 e. The van der Waals surface area contributed by atoms with E-state index < -0.39 is 0 Å². The number of fused-ring (bicyclic) bond motifs is 2. The second kappa shape index (κ2) is 12.0. The summed E-state index contributed by atoms with van der Waals surface area (Å²) in [5.41, 5.74) is 5.91. The van der Waals surface area contributed by atoms with Crippen molar-refractivity contribution in [3.63, 3.8) is 0 Å². The molecule has 3 aromatic rings. The number of hydrogen-bond donors (Lipinski definition) is 3. The summed E-state index contributed by atoms with van der Waals surface area (Å²) < 4.78 is 0. The van der Waals surface area contributed by atoms with Crippen LogP contribution in [0.4, 0.5) is 17.8 Å². The second-order valence-electron chi connectivity index (χ2n) is 9.74. The molecule has 0 spiro atoms. The van der Waals surface area contributed by atoms with Crippen LogP contribution in [0, 0.1) is 0 Å². The van der Waals surface area contributed by atoms with E-state index in [-0.39, 0.29) is 0 Å². The van der Waals surface area contributed by atoms with Crippen LogP contribution in [0.1, 0.15) is 41.0 Å². The molecule has 2 heterocycles. The number of anilines is 3. The number of hydrogen-bond acceptors (Lipinski definition) is 7. The van der Waals surface area contributed by atoms with Crippen LogP contribution in [-0.2, 0) is 12.8 Å². The maximum atomic E-state index is 4.67. The predicted octanol–water partition coefficient (Wildman–Crippen LogP) is 4.56. The molecule has 0 radical (unpaired) electrons. The van der Waals surface area contributed by atoms with Gasteiger partial charge in [0.15, 0.2) is 0 Å². The molecule has 0 saturated carbocycles.